The van der Waals surface area contributed by atoms with Crippen LogP contribution in [0.3, 0.4) is 0 Å². The third-order valence-corrected chi connectivity index (χ3v) is 6.02. The van der Waals surface area contributed by atoms with Crippen LogP contribution in [0.1, 0.15) is 16.8 Å². The summed E-state index contributed by atoms with van der Waals surface area (Å²) in [6.45, 7) is 4.03. The first-order chi connectivity index (χ1) is 15.0. The van der Waals surface area contributed by atoms with Crippen LogP contribution in [-0.2, 0) is 11.2 Å². The molecule has 31 heavy (non-hydrogen) atoms. The van der Waals surface area contributed by atoms with Crippen molar-refractivity contribution in [3.05, 3.63) is 58.6 Å². The number of hydrogen-bond acceptors (Lipinski definition) is 7. The van der Waals surface area contributed by atoms with Crippen molar-refractivity contribution in [2.24, 2.45) is 0 Å². The van der Waals surface area contributed by atoms with Gasteiger partial charge < -0.3 is 9.26 Å². The largest absolute Gasteiger partial charge is 0.496 e. The molecule has 0 saturated carbocycles. The molecule has 1 N–H and O–H groups in total. The maximum Gasteiger partial charge on any atom is 0.250 e. The van der Waals surface area contributed by atoms with Gasteiger partial charge in [0.25, 0.3) is 0 Å². The zero-order chi connectivity index (χ0) is 21.5. The van der Waals surface area contributed by atoms with Gasteiger partial charge in [0.1, 0.15) is 11.4 Å². The summed E-state index contributed by atoms with van der Waals surface area (Å²) in [7, 11) is 1.63. The first-order valence-corrected chi connectivity index (χ1v) is 10.5. The molecule has 0 aliphatic carbocycles. The molecular weight excluding hydrogens is 414 g/mol. The molecule has 0 aliphatic rings. The summed E-state index contributed by atoms with van der Waals surface area (Å²) in [6.07, 6.45) is 0.0712. The number of fused-ring (bicyclic) bond motifs is 2. The lowest BCUT2D eigenvalue weighted by atomic mass is 10.1. The van der Waals surface area contributed by atoms with E-state index in [1.807, 2.05) is 55.6 Å². The number of aryl methyl sites for hydroxylation is 2. The Morgan fingerprint density at radius 2 is 2.03 bits per heavy atom. The van der Waals surface area contributed by atoms with Crippen LogP contribution in [0, 0.1) is 13.8 Å². The van der Waals surface area contributed by atoms with Gasteiger partial charge in [0, 0.05) is 16.3 Å². The maximum absolute atomic E-state index is 12.6. The Morgan fingerprint density at radius 1 is 1.23 bits per heavy atom. The summed E-state index contributed by atoms with van der Waals surface area (Å²) < 4.78 is 12.5. The minimum Gasteiger partial charge on any atom is -0.496 e. The van der Waals surface area contributed by atoms with E-state index < -0.39 is 0 Å². The Balaban J connectivity index is 1.39. The number of rotatable bonds is 5. The number of amides is 1. The molecule has 0 fully saturated rings. The fourth-order valence-corrected chi connectivity index (χ4v) is 4.29. The van der Waals surface area contributed by atoms with E-state index in [2.05, 4.69) is 20.6 Å². The van der Waals surface area contributed by atoms with Crippen molar-refractivity contribution >= 4 is 39.1 Å². The van der Waals surface area contributed by atoms with Crippen molar-refractivity contribution in [3.63, 3.8) is 0 Å². The third kappa shape index (κ3) is 3.42. The van der Waals surface area contributed by atoms with E-state index in [9.17, 15) is 4.79 Å². The molecule has 9 heteroatoms. The number of aromatic nitrogens is 4. The normalized spacial score (nSPS) is 11.3. The van der Waals surface area contributed by atoms with Crippen molar-refractivity contribution in [2.45, 2.75) is 20.3 Å². The van der Waals surface area contributed by atoms with Gasteiger partial charge in [-0.2, -0.15) is 4.98 Å². The number of anilines is 1. The molecule has 0 atom stereocenters. The first kappa shape index (κ1) is 19.3. The molecule has 0 spiro atoms. The molecule has 3 heterocycles. The molecule has 0 bridgehead atoms. The quantitative estimate of drug-likeness (QED) is 0.441. The highest BCUT2D eigenvalue weighted by Crippen LogP contribution is 2.32. The van der Waals surface area contributed by atoms with Crippen molar-refractivity contribution < 1.29 is 14.1 Å². The number of nitrogens with zero attached hydrogens (tertiary/aromatic N) is 4. The fourth-order valence-electron chi connectivity index (χ4n) is 3.47. The summed E-state index contributed by atoms with van der Waals surface area (Å²) >= 11 is 1.44. The van der Waals surface area contributed by atoms with Gasteiger partial charge in [0.05, 0.1) is 19.2 Å². The Morgan fingerprint density at radius 3 is 2.87 bits per heavy atom. The molecule has 2 aromatic carbocycles. The molecule has 3 aromatic heterocycles. The van der Waals surface area contributed by atoms with Crippen LogP contribution in [0.5, 0.6) is 5.75 Å². The second-order valence-electron chi connectivity index (χ2n) is 7.24. The lowest BCUT2D eigenvalue weighted by Crippen LogP contribution is -2.16. The summed E-state index contributed by atoms with van der Waals surface area (Å²) in [6, 6.07) is 11.6. The van der Waals surface area contributed by atoms with Gasteiger partial charge in [-0.05, 0) is 49.2 Å². The third-order valence-electron chi connectivity index (χ3n) is 5.20. The van der Waals surface area contributed by atoms with Crippen LogP contribution in [0.4, 0.5) is 5.95 Å². The zero-order valence-corrected chi connectivity index (χ0v) is 18.0. The molecule has 0 saturated heterocycles. The van der Waals surface area contributed by atoms with Crippen LogP contribution in [0.25, 0.3) is 27.2 Å². The standard InChI is InChI=1S/C22H19N5O3S/c1-12-8-15-16(26-30-19(15)9-13(12)2)10-20(28)23-21-24-22-27(25-21)17(11-31-22)14-6-4-5-7-18(14)29-3/h4-9,11H,10H2,1-3H3,(H,23,25,28). The number of carbonyl (C=O) groups is 1. The highest BCUT2D eigenvalue weighted by atomic mass is 32.1. The number of para-hydroxylation sites is 1. The fraction of sp³-hybridized carbons (Fsp3) is 0.182. The van der Waals surface area contributed by atoms with E-state index in [-0.39, 0.29) is 18.3 Å². The highest BCUT2D eigenvalue weighted by Gasteiger charge is 2.18. The van der Waals surface area contributed by atoms with E-state index >= 15 is 0 Å². The summed E-state index contributed by atoms with van der Waals surface area (Å²) in [5, 5.41) is 14.1. The monoisotopic (exact) mass is 433 g/mol. The summed E-state index contributed by atoms with van der Waals surface area (Å²) in [5.41, 5.74) is 5.25. The summed E-state index contributed by atoms with van der Waals surface area (Å²) in [4.78, 5) is 17.7. The molecule has 0 aliphatic heterocycles. The number of benzene rings is 2. The van der Waals surface area contributed by atoms with Crippen molar-refractivity contribution in [1.29, 1.82) is 0 Å². The number of nitrogens with one attached hydrogen (secondary N) is 1. The Kier molecular flexibility index (Phi) is 4.67. The molecule has 8 nitrogen and oxygen atoms in total. The molecule has 1 amide bonds. The van der Waals surface area contributed by atoms with Crippen molar-refractivity contribution in [2.75, 3.05) is 12.4 Å². The Hall–Kier alpha value is -3.72. The second-order valence-corrected chi connectivity index (χ2v) is 8.07. The van der Waals surface area contributed by atoms with Gasteiger partial charge in [-0.3, -0.25) is 10.1 Å². The van der Waals surface area contributed by atoms with Gasteiger partial charge in [-0.25, -0.2) is 4.52 Å². The van der Waals surface area contributed by atoms with Crippen molar-refractivity contribution in [1.82, 2.24) is 19.8 Å². The minimum absolute atomic E-state index is 0.0712. The van der Waals surface area contributed by atoms with Gasteiger partial charge in [-0.1, -0.05) is 17.3 Å². The average molecular weight is 433 g/mol. The topological polar surface area (TPSA) is 94.5 Å². The van der Waals surface area contributed by atoms with E-state index in [0.717, 1.165) is 33.5 Å². The second kappa shape index (κ2) is 7.51. The Labute approximate surface area is 181 Å². The van der Waals surface area contributed by atoms with E-state index in [4.69, 9.17) is 9.26 Å². The lowest BCUT2D eigenvalue weighted by Gasteiger charge is -2.06. The molecule has 5 aromatic rings. The number of carbonyl (C=O) groups excluding carboxylic acids is 1. The minimum atomic E-state index is -0.259. The van der Waals surface area contributed by atoms with Crippen LogP contribution in [0.15, 0.2) is 46.3 Å². The van der Waals surface area contributed by atoms with Crippen LogP contribution >= 0.6 is 11.3 Å². The van der Waals surface area contributed by atoms with Gasteiger partial charge in [-0.15, -0.1) is 16.4 Å². The van der Waals surface area contributed by atoms with Gasteiger partial charge in [0.2, 0.25) is 16.8 Å². The summed E-state index contributed by atoms with van der Waals surface area (Å²) in [5.74, 6) is 0.727. The zero-order valence-electron chi connectivity index (χ0n) is 17.2. The molecule has 156 valence electrons. The highest BCUT2D eigenvalue weighted by molar-refractivity contribution is 7.15. The number of hydrogen-bond donors (Lipinski definition) is 1. The number of thiazole rings is 1. The molecular formula is C22H19N5O3S. The van der Waals surface area contributed by atoms with Crippen molar-refractivity contribution in [3.8, 4) is 17.0 Å². The van der Waals surface area contributed by atoms with Crippen LogP contribution in [0.2, 0.25) is 0 Å². The molecule has 5 rings (SSSR count). The lowest BCUT2D eigenvalue weighted by molar-refractivity contribution is -0.115. The predicted octanol–water partition coefficient (Wildman–Crippen LogP) is 4.41. The number of methoxy groups -OCH3 is 1. The first-order valence-electron chi connectivity index (χ1n) is 9.66. The van der Waals surface area contributed by atoms with Gasteiger partial charge >= 0.3 is 0 Å². The van der Waals surface area contributed by atoms with E-state index in [1.54, 1.807) is 11.6 Å². The molecule has 0 radical (unpaired) electrons. The Bertz CT molecular complexity index is 1430. The smallest absolute Gasteiger partial charge is 0.250 e. The average Bonchev–Trinajstić information content (AvgIpc) is 3.43. The molecule has 0 unspecified atom stereocenters. The predicted molar refractivity (Wildman–Crippen MR) is 119 cm³/mol. The van der Waals surface area contributed by atoms with Crippen LogP contribution < -0.4 is 10.1 Å². The SMILES string of the molecule is COc1ccccc1-c1csc2nc(NC(=O)Cc3noc4cc(C)c(C)cc34)nn12. The van der Waals surface area contributed by atoms with Gasteiger partial charge in [0.15, 0.2) is 5.58 Å². The van der Waals surface area contributed by atoms with E-state index in [0.29, 0.717) is 16.2 Å². The number of ether oxygens (including phenoxy) is 1. The van der Waals surface area contributed by atoms with E-state index in [1.165, 1.54) is 11.3 Å². The maximum atomic E-state index is 12.6. The van der Waals surface area contributed by atoms with Crippen LogP contribution in [-0.4, -0.2) is 32.8 Å².